The molecule has 19 heavy (non-hydrogen) atoms. The third kappa shape index (κ3) is 4.67. The van der Waals surface area contributed by atoms with Gasteiger partial charge in [0.15, 0.2) is 0 Å². The van der Waals surface area contributed by atoms with E-state index in [1.165, 1.54) is 0 Å². The molecule has 0 fully saturated rings. The van der Waals surface area contributed by atoms with Gasteiger partial charge in [0.2, 0.25) is 0 Å². The van der Waals surface area contributed by atoms with E-state index in [4.69, 9.17) is 9.47 Å². The minimum Gasteiger partial charge on any atom is -0.464 e. The Labute approximate surface area is 111 Å². The topological polar surface area (TPSA) is 77.5 Å². The molecule has 1 aliphatic heterocycles. The Morgan fingerprint density at radius 2 is 1.47 bits per heavy atom. The van der Waals surface area contributed by atoms with Gasteiger partial charge in [0.05, 0.1) is 24.2 Å². The van der Waals surface area contributed by atoms with Gasteiger partial charge in [-0.3, -0.25) is 14.6 Å². The maximum Gasteiger partial charge on any atom is 0.311 e. The van der Waals surface area contributed by atoms with Gasteiger partial charge in [-0.05, 0) is 12.1 Å². The molecule has 6 nitrogen and oxygen atoms in total. The van der Waals surface area contributed by atoms with Crippen LogP contribution in [0.4, 0.5) is 0 Å². The zero-order valence-corrected chi connectivity index (χ0v) is 10.6. The summed E-state index contributed by atoms with van der Waals surface area (Å²) in [6.45, 7) is 1.67. The maximum atomic E-state index is 11.5. The number of carbonyl (C=O) groups is 2. The quantitative estimate of drug-likeness (QED) is 0.657. The van der Waals surface area contributed by atoms with Crippen LogP contribution in [0.25, 0.3) is 0 Å². The molecule has 1 aromatic heterocycles. The van der Waals surface area contributed by atoms with Crippen molar-refractivity contribution in [2.75, 3.05) is 26.3 Å². The summed E-state index contributed by atoms with van der Waals surface area (Å²) in [6, 6.07) is 5.24. The van der Waals surface area contributed by atoms with Crippen LogP contribution < -0.4 is 5.32 Å². The zero-order valence-electron chi connectivity index (χ0n) is 10.6. The predicted octanol–water partition coefficient (Wildman–Crippen LogP) is -0.144. The molecule has 1 aliphatic rings. The Hall–Kier alpha value is -1.95. The van der Waals surface area contributed by atoms with Gasteiger partial charge in [0.1, 0.15) is 13.2 Å². The van der Waals surface area contributed by atoms with Gasteiger partial charge in [-0.15, -0.1) is 0 Å². The van der Waals surface area contributed by atoms with Crippen LogP contribution >= 0.6 is 0 Å². The van der Waals surface area contributed by atoms with Gasteiger partial charge in [0, 0.05) is 13.1 Å². The summed E-state index contributed by atoms with van der Waals surface area (Å²) in [5.74, 6) is -0.628. The number of rotatable bonds is 0. The van der Waals surface area contributed by atoms with E-state index in [1.54, 1.807) is 18.2 Å². The highest BCUT2D eigenvalue weighted by Gasteiger charge is 2.10. The molecular formula is C13H16N2O4. The molecule has 2 heterocycles. The van der Waals surface area contributed by atoms with Crippen LogP contribution in [0.5, 0.6) is 0 Å². The highest BCUT2D eigenvalue weighted by Crippen LogP contribution is 2.03. The Balaban J connectivity index is 2.08. The number of fused-ring (bicyclic) bond motifs is 2. The van der Waals surface area contributed by atoms with Crippen molar-refractivity contribution in [1.29, 1.82) is 0 Å². The third-order valence-corrected chi connectivity index (χ3v) is 2.60. The van der Waals surface area contributed by atoms with Crippen molar-refractivity contribution in [1.82, 2.24) is 10.3 Å². The fourth-order valence-electron chi connectivity index (χ4n) is 1.72. The van der Waals surface area contributed by atoms with Gasteiger partial charge < -0.3 is 14.8 Å². The molecule has 6 heteroatoms. The molecule has 0 radical (unpaired) electrons. The predicted molar refractivity (Wildman–Crippen MR) is 66.4 cm³/mol. The fraction of sp³-hybridized carbons (Fsp3) is 0.462. The number of carbonyl (C=O) groups excluding carboxylic acids is 2. The molecule has 0 amide bonds. The third-order valence-electron chi connectivity index (χ3n) is 2.60. The number of pyridine rings is 1. The van der Waals surface area contributed by atoms with Crippen molar-refractivity contribution in [3.63, 3.8) is 0 Å². The first kappa shape index (κ1) is 13.5. The standard InChI is InChI=1S/C13H16N2O4/c16-12-8-10-2-1-3-11(15-10)9-13(17)19-7-5-14-4-6-18-12/h1-3,14H,4-9H2. The lowest BCUT2D eigenvalue weighted by atomic mass is 10.2. The number of aromatic nitrogens is 1. The molecule has 0 spiro atoms. The van der Waals surface area contributed by atoms with Crippen molar-refractivity contribution in [2.24, 2.45) is 0 Å². The number of nitrogens with zero attached hydrogens (tertiary/aromatic N) is 1. The molecule has 1 aromatic rings. The summed E-state index contributed by atoms with van der Waals surface area (Å²) in [7, 11) is 0. The van der Waals surface area contributed by atoms with E-state index in [0.29, 0.717) is 37.7 Å². The summed E-state index contributed by atoms with van der Waals surface area (Å²) >= 11 is 0. The number of nitrogens with one attached hydrogen (secondary N) is 1. The molecule has 102 valence electrons. The molecule has 0 unspecified atom stereocenters. The molecule has 2 bridgehead atoms. The molecule has 0 aliphatic carbocycles. The first-order chi connectivity index (χ1) is 9.24. The number of hydrogen-bond donors (Lipinski definition) is 1. The van der Waals surface area contributed by atoms with Gasteiger partial charge >= 0.3 is 11.9 Å². The van der Waals surface area contributed by atoms with Crippen molar-refractivity contribution >= 4 is 11.9 Å². The Morgan fingerprint density at radius 3 is 2.00 bits per heavy atom. The van der Waals surface area contributed by atoms with Crippen molar-refractivity contribution < 1.29 is 19.1 Å². The van der Waals surface area contributed by atoms with E-state index in [1.807, 2.05) is 0 Å². The molecule has 0 atom stereocenters. The van der Waals surface area contributed by atoms with Crippen LogP contribution in [0, 0.1) is 0 Å². The van der Waals surface area contributed by atoms with E-state index >= 15 is 0 Å². The lowest BCUT2D eigenvalue weighted by Crippen LogP contribution is -2.27. The number of cyclic esters (lactones) is 2. The minimum absolute atomic E-state index is 0.114. The molecule has 2 rings (SSSR count). The van der Waals surface area contributed by atoms with E-state index in [9.17, 15) is 9.59 Å². The monoisotopic (exact) mass is 264 g/mol. The summed E-state index contributed by atoms with van der Waals surface area (Å²) in [6.07, 6.45) is 0.228. The van der Waals surface area contributed by atoms with Crippen LogP contribution in [0.1, 0.15) is 11.4 Å². The summed E-state index contributed by atoms with van der Waals surface area (Å²) < 4.78 is 10.1. The average Bonchev–Trinajstić information content (AvgIpc) is 2.37. The second-order valence-corrected chi connectivity index (χ2v) is 4.16. The van der Waals surface area contributed by atoms with Crippen molar-refractivity contribution in [2.45, 2.75) is 12.8 Å². The smallest absolute Gasteiger partial charge is 0.311 e. The molecule has 0 saturated carbocycles. The summed E-state index contributed by atoms with van der Waals surface area (Å²) in [4.78, 5) is 27.3. The molecule has 0 aromatic carbocycles. The van der Waals surface area contributed by atoms with Crippen molar-refractivity contribution in [3.8, 4) is 0 Å². The Bertz CT molecular complexity index is 424. The lowest BCUT2D eigenvalue weighted by Gasteiger charge is -2.09. The van der Waals surface area contributed by atoms with E-state index in [-0.39, 0.29) is 24.8 Å². The zero-order chi connectivity index (χ0) is 13.5. The normalized spacial score (nSPS) is 18.1. The summed E-state index contributed by atoms with van der Waals surface area (Å²) in [5.41, 5.74) is 1.20. The van der Waals surface area contributed by atoms with Crippen LogP contribution in [-0.4, -0.2) is 43.2 Å². The molecular weight excluding hydrogens is 248 g/mol. The van der Waals surface area contributed by atoms with Crippen LogP contribution in [-0.2, 0) is 31.9 Å². The van der Waals surface area contributed by atoms with Gasteiger partial charge in [-0.2, -0.15) is 0 Å². The van der Waals surface area contributed by atoms with Gasteiger partial charge in [0.25, 0.3) is 0 Å². The average molecular weight is 264 g/mol. The fourth-order valence-corrected chi connectivity index (χ4v) is 1.72. The number of ether oxygens (including phenoxy) is 2. The second-order valence-electron chi connectivity index (χ2n) is 4.16. The first-order valence-electron chi connectivity index (χ1n) is 6.21. The number of esters is 2. The van der Waals surface area contributed by atoms with E-state index in [2.05, 4.69) is 10.3 Å². The Kier molecular flexibility index (Phi) is 4.85. The Morgan fingerprint density at radius 1 is 0.947 bits per heavy atom. The summed E-state index contributed by atoms with van der Waals surface area (Å²) in [5, 5.41) is 3.02. The van der Waals surface area contributed by atoms with E-state index < -0.39 is 0 Å². The highest BCUT2D eigenvalue weighted by molar-refractivity contribution is 5.73. The SMILES string of the molecule is O=C1Cc2cccc(n2)CC(=O)OCCNCCO1. The lowest BCUT2D eigenvalue weighted by molar-refractivity contribution is -0.142. The van der Waals surface area contributed by atoms with Crippen LogP contribution in [0.3, 0.4) is 0 Å². The second kappa shape index (κ2) is 6.84. The van der Waals surface area contributed by atoms with E-state index in [0.717, 1.165) is 0 Å². The van der Waals surface area contributed by atoms with Crippen molar-refractivity contribution in [3.05, 3.63) is 29.6 Å². The maximum absolute atomic E-state index is 11.5. The minimum atomic E-state index is -0.314. The van der Waals surface area contributed by atoms with Crippen LogP contribution in [0.15, 0.2) is 18.2 Å². The number of hydrogen-bond acceptors (Lipinski definition) is 6. The van der Waals surface area contributed by atoms with Crippen LogP contribution in [0.2, 0.25) is 0 Å². The largest absolute Gasteiger partial charge is 0.464 e. The molecule has 0 saturated heterocycles. The first-order valence-corrected chi connectivity index (χ1v) is 6.21. The highest BCUT2D eigenvalue weighted by atomic mass is 16.5. The van der Waals surface area contributed by atoms with Gasteiger partial charge in [-0.1, -0.05) is 6.07 Å². The van der Waals surface area contributed by atoms with Gasteiger partial charge in [-0.25, -0.2) is 0 Å². The molecule has 1 N–H and O–H groups in total.